The van der Waals surface area contributed by atoms with Gasteiger partial charge in [-0.15, -0.1) is 0 Å². The van der Waals surface area contributed by atoms with Gasteiger partial charge in [-0.25, -0.2) is 0 Å². The zero-order chi connectivity index (χ0) is 24.1. The summed E-state index contributed by atoms with van der Waals surface area (Å²) in [6.45, 7) is 5.92. The fraction of sp³-hybridized carbons (Fsp3) is 0.333. The summed E-state index contributed by atoms with van der Waals surface area (Å²) in [5.74, 6) is -0.256. The highest BCUT2D eigenvalue weighted by molar-refractivity contribution is 6.32. The smallest absolute Gasteiger partial charge is 0.267 e. The normalized spacial score (nSPS) is 15.7. The summed E-state index contributed by atoms with van der Waals surface area (Å²) in [4.78, 5) is 38.7. The highest BCUT2D eigenvalue weighted by Crippen LogP contribution is 2.36. The summed E-state index contributed by atoms with van der Waals surface area (Å²) in [6, 6.07) is 11.8. The molecule has 172 valence electrons. The van der Waals surface area contributed by atoms with E-state index < -0.39 is 6.10 Å². The number of hydrogen-bond acceptors (Lipinski definition) is 5. The third-order valence-corrected chi connectivity index (χ3v) is 5.52. The number of fused-ring (bicyclic) bond motifs is 1. The van der Waals surface area contributed by atoms with Gasteiger partial charge in [-0.1, -0.05) is 18.5 Å². The van der Waals surface area contributed by atoms with E-state index >= 15 is 0 Å². The van der Waals surface area contributed by atoms with E-state index in [0.717, 1.165) is 0 Å². The van der Waals surface area contributed by atoms with Crippen LogP contribution in [0.15, 0.2) is 36.4 Å². The van der Waals surface area contributed by atoms with Crippen molar-refractivity contribution in [3.63, 3.8) is 0 Å². The lowest BCUT2D eigenvalue weighted by Crippen LogP contribution is -2.44. The van der Waals surface area contributed by atoms with Crippen LogP contribution in [0.1, 0.15) is 39.2 Å². The number of nitrogens with one attached hydrogen (secondary N) is 2. The molecule has 9 heteroatoms. The van der Waals surface area contributed by atoms with Crippen LogP contribution in [0.4, 0.5) is 17.1 Å². The summed E-state index contributed by atoms with van der Waals surface area (Å²) in [6.07, 6.45) is -0.299. The minimum absolute atomic E-state index is 0.0998. The Bertz CT molecular complexity index is 1130. The maximum atomic E-state index is 12.5. The third kappa shape index (κ3) is 5.82. The Morgan fingerprint density at radius 1 is 1.15 bits per heavy atom. The molecule has 0 saturated carbocycles. The van der Waals surface area contributed by atoms with Crippen molar-refractivity contribution >= 4 is 46.4 Å². The molecule has 1 heterocycles. The van der Waals surface area contributed by atoms with Gasteiger partial charge in [-0.3, -0.25) is 14.4 Å². The molecule has 0 aliphatic carbocycles. The van der Waals surface area contributed by atoms with Crippen molar-refractivity contribution in [2.45, 2.75) is 39.7 Å². The summed E-state index contributed by atoms with van der Waals surface area (Å²) in [5, 5.41) is 14.7. The first-order valence-corrected chi connectivity index (χ1v) is 11.0. The van der Waals surface area contributed by atoms with E-state index in [0.29, 0.717) is 34.9 Å². The molecule has 3 amide bonds. The molecule has 8 nitrogen and oxygen atoms in total. The molecule has 0 spiro atoms. The van der Waals surface area contributed by atoms with Crippen molar-refractivity contribution in [2.75, 3.05) is 22.1 Å². The summed E-state index contributed by atoms with van der Waals surface area (Å²) in [5.41, 5.74) is 2.05. The molecule has 0 radical (unpaired) electrons. The molecule has 0 bridgehead atoms. The highest BCUT2D eigenvalue weighted by atomic mass is 35.5. The summed E-state index contributed by atoms with van der Waals surface area (Å²) < 4.78 is 5.69. The lowest BCUT2D eigenvalue weighted by atomic mass is 10.0. The van der Waals surface area contributed by atoms with Crippen molar-refractivity contribution in [1.82, 2.24) is 0 Å². The lowest BCUT2D eigenvalue weighted by Gasteiger charge is -2.32. The quantitative estimate of drug-likeness (QED) is 0.627. The Hall–Kier alpha value is -3.57. The van der Waals surface area contributed by atoms with E-state index in [1.54, 1.807) is 36.1 Å². The average molecular weight is 469 g/mol. The van der Waals surface area contributed by atoms with Gasteiger partial charge in [0.1, 0.15) is 11.8 Å². The van der Waals surface area contributed by atoms with Gasteiger partial charge >= 0.3 is 0 Å². The number of carbonyl (C=O) groups is 3. The second-order valence-electron chi connectivity index (χ2n) is 7.94. The number of carbonyl (C=O) groups excluding carboxylic acids is 3. The van der Waals surface area contributed by atoms with Gasteiger partial charge in [-0.2, -0.15) is 5.26 Å². The fourth-order valence-electron chi connectivity index (χ4n) is 3.63. The van der Waals surface area contributed by atoms with Crippen molar-refractivity contribution in [3.8, 4) is 11.8 Å². The van der Waals surface area contributed by atoms with E-state index in [9.17, 15) is 14.4 Å². The molecule has 1 aliphatic heterocycles. The first-order valence-electron chi connectivity index (χ1n) is 10.6. The van der Waals surface area contributed by atoms with Crippen LogP contribution in [0.2, 0.25) is 5.02 Å². The van der Waals surface area contributed by atoms with Gasteiger partial charge in [0, 0.05) is 36.8 Å². The molecule has 0 aromatic heterocycles. The highest BCUT2D eigenvalue weighted by Gasteiger charge is 2.30. The van der Waals surface area contributed by atoms with Gasteiger partial charge < -0.3 is 20.3 Å². The molecule has 2 N–H and O–H groups in total. The first-order chi connectivity index (χ1) is 15.7. The molecular weight excluding hydrogens is 444 g/mol. The number of halogens is 1. The lowest BCUT2D eigenvalue weighted by molar-refractivity contribution is -0.125. The zero-order valence-electron chi connectivity index (χ0n) is 18.6. The van der Waals surface area contributed by atoms with Gasteiger partial charge in [0.2, 0.25) is 11.8 Å². The zero-order valence-corrected chi connectivity index (χ0v) is 19.4. The molecule has 2 unspecified atom stereocenters. The first kappa shape index (κ1) is 24.1. The van der Waals surface area contributed by atoms with Crippen LogP contribution in [0.5, 0.6) is 5.75 Å². The minimum Gasteiger partial charge on any atom is -0.479 e. The van der Waals surface area contributed by atoms with Crippen LogP contribution < -0.4 is 20.3 Å². The molecular formula is C24H25ClN4O4. The monoisotopic (exact) mass is 468 g/mol. The molecule has 2 atom stereocenters. The number of nitriles is 1. The number of rotatable bonds is 7. The molecule has 0 fully saturated rings. The number of anilines is 3. The Morgan fingerprint density at radius 2 is 1.76 bits per heavy atom. The van der Waals surface area contributed by atoms with Crippen LogP contribution >= 0.6 is 11.6 Å². The van der Waals surface area contributed by atoms with Crippen molar-refractivity contribution in [3.05, 3.63) is 47.0 Å². The number of ether oxygens (including phenoxy) is 1. The fourth-order valence-corrected chi connectivity index (χ4v) is 3.85. The molecule has 0 saturated heterocycles. The molecule has 3 rings (SSSR count). The second kappa shape index (κ2) is 10.4. The topological polar surface area (TPSA) is 112 Å². The van der Waals surface area contributed by atoms with Crippen molar-refractivity contribution in [1.29, 1.82) is 5.26 Å². The predicted octanol–water partition coefficient (Wildman–Crippen LogP) is 4.34. The molecule has 33 heavy (non-hydrogen) atoms. The van der Waals surface area contributed by atoms with Gasteiger partial charge in [0.15, 0.2) is 6.10 Å². The van der Waals surface area contributed by atoms with E-state index in [1.807, 2.05) is 19.9 Å². The Morgan fingerprint density at radius 3 is 2.33 bits per heavy atom. The van der Waals surface area contributed by atoms with E-state index in [2.05, 4.69) is 10.6 Å². The molecule has 1 aliphatic rings. The number of hydrogen-bond donors (Lipinski definition) is 2. The van der Waals surface area contributed by atoms with Crippen molar-refractivity contribution in [2.24, 2.45) is 5.92 Å². The Balaban J connectivity index is 1.55. The standard InChI is InChI=1S/C24H25ClN4O4/c1-4-29-20-8-7-18(12-21(20)33-15(3)24(29)32)28-23(31)10-14(2)9-22(30)27-17-6-5-16(13-26)19(25)11-17/h5-8,11-12,14-15H,4,9-10H2,1-3H3,(H,27,30)(H,28,31). The SMILES string of the molecule is CCN1C(=O)C(C)Oc2cc(NC(=O)CC(C)CC(=O)Nc3ccc(C#N)c(Cl)c3)ccc21. The Labute approximate surface area is 197 Å². The predicted molar refractivity (Wildman–Crippen MR) is 126 cm³/mol. The van der Waals surface area contributed by atoms with E-state index in [1.165, 1.54) is 12.1 Å². The second-order valence-corrected chi connectivity index (χ2v) is 8.35. The number of benzene rings is 2. The average Bonchev–Trinajstić information content (AvgIpc) is 2.74. The molecule has 2 aromatic carbocycles. The van der Waals surface area contributed by atoms with Crippen LogP contribution in [-0.2, 0) is 14.4 Å². The minimum atomic E-state index is -0.590. The summed E-state index contributed by atoms with van der Waals surface area (Å²) in [7, 11) is 0. The van der Waals surface area contributed by atoms with Gasteiger partial charge in [0.05, 0.1) is 16.3 Å². The largest absolute Gasteiger partial charge is 0.479 e. The van der Waals surface area contributed by atoms with Gasteiger partial charge in [0.25, 0.3) is 5.91 Å². The van der Waals surface area contributed by atoms with E-state index in [4.69, 9.17) is 21.6 Å². The molecule has 2 aromatic rings. The number of likely N-dealkylation sites (N-methyl/N-ethyl adjacent to an activating group) is 1. The van der Waals surface area contributed by atoms with E-state index in [-0.39, 0.29) is 41.5 Å². The van der Waals surface area contributed by atoms with Gasteiger partial charge in [-0.05, 0) is 50.1 Å². The number of amides is 3. The maximum absolute atomic E-state index is 12.5. The summed E-state index contributed by atoms with van der Waals surface area (Å²) >= 11 is 5.99. The van der Waals surface area contributed by atoms with Crippen LogP contribution in [-0.4, -0.2) is 30.4 Å². The van der Waals surface area contributed by atoms with Crippen LogP contribution in [0.3, 0.4) is 0 Å². The number of nitrogens with zero attached hydrogens (tertiary/aromatic N) is 2. The third-order valence-electron chi connectivity index (χ3n) is 5.21. The Kier molecular flexibility index (Phi) is 7.56. The van der Waals surface area contributed by atoms with Crippen LogP contribution in [0, 0.1) is 17.2 Å². The van der Waals surface area contributed by atoms with Crippen LogP contribution in [0.25, 0.3) is 0 Å². The van der Waals surface area contributed by atoms with Crippen molar-refractivity contribution < 1.29 is 19.1 Å². The maximum Gasteiger partial charge on any atom is 0.267 e.